The number of rotatable bonds is 7. The lowest BCUT2D eigenvalue weighted by Gasteiger charge is -2.32. The molecule has 0 saturated carbocycles. The Morgan fingerprint density at radius 1 is 1.00 bits per heavy atom. The molecule has 136 valence electrons. The van der Waals surface area contributed by atoms with E-state index in [-0.39, 0.29) is 11.8 Å². The van der Waals surface area contributed by atoms with Crippen LogP contribution in [0.3, 0.4) is 0 Å². The Labute approximate surface area is 148 Å². The SMILES string of the molecule is COC(OOC(C)(C)c1ccccc1)C(C)N1C(=O)C(C)=C(C)C1=O. The number of hydrogen-bond donors (Lipinski definition) is 0. The van der Waals surface area contributed by atoms with Crippen LogP contribution in [0.4, 0.5) is 0 Å². The van der Waals surface area contributed by atoms with Crippen molar-refractivity contribution in [2.45, 2.75) is 52.6 Å². The van der Waals surface area contributed by atoms with Gasteiger partial charge in [0.05, 0.1) is 6.04 Å². The molecule has 1 heterocycles. The van der Waals surface area contributed by atoms with Crippen molar-refractivity contribution in [2.24, 2.45) is 0 Å². The second kappa shape index (κ2) is 7.47. The van der Waals surface area contributed by atoms with Gasteiger partial charge >= 0.3 is 0 Å². The van der Waals surface area contributed by atoms with Crippen molar-refractivity contribution in [2.75, 3.05) is 7.11 Å². The summed E-state index contributed by atoms with van der Waals surface area (Å²) in [5, 5.41) is 0. The van der Waals surface area contributed by atoms with Crippen LogP contribution in [0.15, 0.2) is 41.5 Å². The van der Waals surface area contributed by atoms with Crippen LogP contribution in [0.25, 0.3) is 0 Å². The number of methoxy groups -OCH3 is 1. The summed E-state index contributed by atoms with van der Waals surface area (Å²) in [7, 11) is 1.44. The topological polar surface area (TPSA) is 65.1 Å². The Morgan fingerprint density at radius 3 is 2.00 bits per heavy atom. The van der Waals surface area contributed by atoms with Gasteiger partial charge in [-0.25, -0.2) is 9.78 Å². The second-order valence-electron chi connectivity index (χ2n) is 6.63. The van der Waals surface area contributed by atoms with Crippen LogP contribution in [-0.2, 0) is 29.7 Å². The van der Waals surface area contributed by atoms with Gasteiger partial charge in [-0.05, 0) is 40.2 Å². The van der Waals surface area contributed by atoms with E-state index in [1.165, 1.54) is 7.11 Å². The van der Waals surface area contributed by atoms with Crippen molar-refractivity contribution in [3.05, 3.63) is 47.0 Å². The summed E-state index contributed by atoms with van der Waals surface area (Å²) in [6.07, 6.45) is -0.908. The van der Waals surface area contributed by atoms with Crippen LogP contribution in [0.1, 0.15) is 40.2 Å². The van der Waals surface area contributed by atoms with Crippen LogP contribution < -0.4 is 0 Å². The third kappa shape index (κ3) is 3.81. The molecule has 0 aromatic heterocycles. The van der Waals surface area contributed by atoms with E-state index in [0.29, 0.717) is 11.1 Å². The van der Waals surface area contributed by atoms with Gasteiger partial charge in [0.15, 0.2) is 0 Å². The van der Waals surface area contributed by atoms with E-state index in [2.05, 4.69) is 0 Å². The lowest BCUT2D eigenvalue weighted by Crippen LogP contribution is -2.48. The molecule has 6 nitrogen and oxygen atoms in total. The van der Waals surface area contributed by atoms with E-state index in [0.717, 1.165) is 10.5 Å². The predicted molar refractivity (Wildman–Crippen MR) is 92.1 cm³/mol. The van der Waals surface area contributed by atoms with Gasteiger partial charge < -0.3 is 4.74 Å². The zero-order valence-electron chi connectivity index (χ0n) is 15.5. The summed E-state index contributed by atoms with van der Waals surface area (Å²) in [5.74, 6) is -0.661. The van der Waals surface area contributed by atoms with Crippen LogP contribution in [0.5, 0.6) is 0 Å². The highest BCUT2D eigenvalue weighted by Gasteiger charge is 2.41. The minimum atomic E-state index is -0.908. The average Bonchev–Trinajstić information content (AvgIpc) is 2.79. The summed E-state index contributed by atoms with van der Waals surface area (Å²) < 4.78 is 5.31. The van der Waals surface area contributed by atoms with Crippen molar-refractivity contribution < 1.29 is 24.1 Å². The molecule has 2 unspecified atom stereocenters. The highest BCUT2D eigenvalue weighted by Crippen LogP contribution is 2.28. The minimum Gasteiger partial charge on any atom is -0.351 e. The molecule has 1 aliphatic rings. The van der Waals surface area contributed by atoms with E-state index in [9.17, 15) is 9.59 Å². The molecule has 25 heavy (non-hydrogen) atoms. The van der Waals surface area contributed by atoms with Gasteiger partial charge in [-0.15, -0.1) is 0 Å². The Hall–Kier alpha value is -2.02. The summed E-state index contributed by atoms with van der Waals surface area (Å²) in [6.45, 7) is 8.69. The van der Waals surface area contributed by atoms with E-state index in [1.54, 1.807) is 20.8 Å². The summed E-state index contributed by atoms with van der Waals surface area (Å²) >= 11 is 0. The van der Waals surface area contributed by atoms with Crippen molar-refractivity contribution >= 4 is 11.8 Å². The first-order valence-corrected chi connectivity index (χ1v) is 8.19. The molecule has 0 radical (unpaired) electrons. The number of benzene rings is 1. The number of hydrogen-bond acceptors (Lipinski definition) is 5. The molecule has 0 bridgehead atoms. The molecular formula is C19H25NO5. The van der Waals surface area contributed by atoms with E-state index < -0.39 is 17.9 Å². The van der Waals surface area contributed by atoms with Crippen LogP contribution >= 0.6 is 0 Å². The zero-order chi connectivity index (χ0) is 18.8. The number of carbonyl (C=O) groups excluding carboxylic acids is 2. The molecule has 0 N–H and O–H groups in total. The second-order valence-corrected chi connectivity index (χ2v) is 6.63. The van der Waals surface area contributed by atoms with Gasteiger partial charge in [0.25, 0.3) is 11.8 Å². The molecule has 0 saturated heterocycles. The molecule has 0 fully saturated rings. The van der Waals surface area contributed by atoms with Crippen LogP contribution in [0.2, 0.25) is 0 Å². The number of nitrogens with zero attached hydrogens (tertiary/aromatic N) is 1. The maximum atomic E-state index is 12.3. The van der Waals surface area contributed by atoms with Gasteiger partial charge in [-0.1, -0.05) is 30.3 Å². The van der Waals surface area contributed by atoms with E-state index in [4.69, 9.17) is 14.5 Å². The molecule has 1 aromatic carbocycles. The number of amides is 2. The molecular weight excluding hydrogens is 322 g/mol. The monoisotopic (exact) mass is 347 g/mol. The summed E-state index contributed by atoms with van der Waals surface area (Å²) in [6, 6.07) is 8.97. The van der Waals surface area contributed by atoms with Gasteiger partial charge in [-0.2, -0.15) is 0 Å². The standard InChI is InChI=1S/C19H25NO5/c1-12-13(2)17(22)20(16(12)21)14(3)18(23-6)24-25-19(4,5)15-10-8-7-9-11-15/h7-11,14,18H,1-6H3. The highest BCUT2D eigenvalue weighted by molar-refractivity contribution is 6.18. The van der Waals surface area contributed by atoms with Crippen molar-refractivity contribution in [3.63, 3.8) is 0 Å². The Kier molecular flexibility index (Phi) is 5.77. The normalized spacial score (nSPS) is 18.1. The van der Waals surface area contributed by atoms with Gasteiger partial charge in [0, 0.05) is 18.3 Å². The predicted octanol–water partition coefficient (Wildman–Crippen LogP) is 2.94. The first-order valence-electron chi connectivity index (χ1n) is 8.19. The summed E-state index contributed by atoms with van der Waals surface area (Å²) in [4.78, 5) is 36.8. The molecule has 6 heteroatoms. The molecule has 0 aliphatic carbocycles. The fraction of sp³-hybridized carbons (Fsp3) is 0.474. The fourth-order valence-electron chi connectivity index (χ4n) is 2.64. The lowest BCUT2D eigenvalue weighted by molar-refractivity contribution is -0.426. The third-order valence-corrected chi connectivity index (χ3v) is 4.50. The fourth-order valence-corrected chi connectivity index (χ4v) is 2.64. The van der Waals surface area contributed by atoms with E-state index >= 15 is 0 Å². The maximum Gasteiger partial charge on any atom is 0.257 e. The molecule has 1 aromatic rings. The molecule has 2 rings (SSSR count). The quantitative estimate of drug-likeness (QED) is 0.328. The van der Waals surface area contributed by atoms with Crippen molar-refractivity contribution in [1.29, 1.82) is 0 Å². The molecule has 2 amide bonds. The van der Waals surface area contributed by atoms with Gasteiger partial charge in [-0.3, -0.25) is 14.5 Å². The third-order valence-electron chi connectivity index (χ3n) is 4.50. The minimum absolute atomic E-state index is 0.331. The average molecular weight is 347 g/mol. The molecule has 0 spiro atoms. The number of ether oxygens (including phenoxy) is 1. The first-order chi connectivity index (χ1) is 11.7. The smallest absolute Gasteiger partial charge is 0.257 e. The first kappa shape index (κ1) is 19.3. The molecule has 1 aliphatic heterocycles. The Morgan fingerprint density at radius 2 is 1.52 bits per heavy atom. The van der Waals surface area contributed by atoms with Gasteiger partial charge in [0.2, 0.25) is 6.29 Å². The number of imide groups is 1. The Balaban J connectivity index is 2.08. The summed E-state index contributed by atoms with van der Waals surface area (Å²) in [5.41, 5.74) is 1.09. The largest absolute Gasteiger partial charge is 0.351 e. The zero-order valence-corrected chi connectivity index (χ0v) is 15.5. The molecule has 2 atom stereocenters. The van der Waals surface area contributed by atoms with Crippen molar-refractivity contribution in [3.8, 4) is 0 Å². The maximum absolute atomic E-state index is 12.3. The van der Waals surface area contributed by atoms with Crippen LogP contribution in [0, 0.1) is 0 Å². The van der Waals surface area contributed by atoms with Crippen LogP contribution in [-0.4, -0.2) is 36.2 Å². The van der Waals surface area contributed by atoms with Crippen molar-refractivity contribution in [1.82, 2.24) is 4.90 Å². The van der Waals surface area contributed by atoms with E-state index in [1.807, 2.05) is 44.2 Å². The Bertz CT molecular complexity index is 656. The number of carbonyl (C=O) groups is 2. The van der Waals surface area contributed by atoms with Gasteiger partial charge in [0.1, 0.15) is 5.60 Å². The lowest BCUT2D eigenvalue weighted by atomic mass is 9.99. The highest BCUT2D eigenvalue weighted by atomic mass is 17.2.